The second kappa shape index (κ2) is 4.38. The molecule has 2 heterocycles. The Morgan fingerprint density at radius 3 is 2.89 bits per heavy atom. The lowest BCUT2D eigenvalue weighted by Gasteiger charge is -2.19. The maximum Gasteiger partial charge on any atom is 0.130 e. The van der Waals surface area contributed by atoms with Gasteiger partial charge in [-0.3, -0.25) is 0 Å². The molecule has 3 rings (SSSR count). The molecule has 4 heteroatoms. The van der Waals surface area contributed by atoms with Crippen LogP contribution in [0.5, 0.6) is 5.75 Å². The highest BCUT2D eigenvalue weighted by Crippen LogP contribution is 2.35. The predicted molar refractivity (Wildman–Crippen MR) is 74.9 cm³/mol. The van der Waals surface area contributed by atoms with Crippen LogP contribution in [0, 0.1) is 0 Å². The number of ether oxygens (including phenoxy) is 1. The molecule has 0 saturated heterocycles. The second-order valence-electron chi connectivity index (χ2n) is 5.90. The van der Waals surface area contributed by atoms with Gasteiger partial charge in [0.05, 0.1) is 17.9 Å². The van der Waals surface area contributed by atoms with Crippen molar-refractivity contribution in [3.63, 3.8) is 0 Å². The Hall–Kier alpha value is -1.81. The summed E-state index contributed by atoms with van der Waals surface area (Å²) in [7, 11) is 0. The van der Waals surface area contributed by atoms with Crippen molar-refractivity contribution >= 4 is 0 Å². The SMILES string of the molecule is CC(C)(C)NCc1nc2c([nH]1)COc1ccccc1-2. The summed E-state index contributed by atoms with van der Waals surface area (Å²) >= 11 is 0. The molecule has 1 aromatic heterocycles. The number of nitrogens with one attached hydrogen (secondary N) is 2. The van der Waals surface area contributed by atoms with Crippen LogP contribution in [0.3, 0.4) is 0 Å². The van der Waals surface area contributed by atoms with Gasteiger partial charge < -0.3 is 15.0 Å². The van der Waals surface area contributed by atoms with Gasteiger partial charge >= 0.3 is 0 Å². The van der Waals surface area contributed by atoms with E-state index in [4.69, 9.17) is 9.72 Å². The Balaban J connectivity index is 1.88. The largest absolute Gasteiger partial charge is 0.487 e. The number of imidazole rings is 1. The fraction of sp³-hybridized carbons (Fsp3) is 0.400. The summed E-state index contributed by atoms with van der Waals surface area (Å²) in [6.45, 7) is 7.74. The van der Waals surface area contributed by atoms with Gasteiger partial charge in [0.15, 0.2) is 0 Å². The molecular formula is C15H19N3O. The summed E-state index contributed by atoms with van der Waals surface area (Å²) in [5, 5.41) is 3.44. The number of aromatic amines is 1. The number of H-pyrrole nitrogens is 1. The van der Waals surface area contributed by atoms with E-state index in [-0.39, 0.29) is 5.54 Å². The van der Waals surface area contributed by atoms with Crippen molar-refractivity contribution in [2.75, 3.05) is 0 Å². The molecule has 4 nitrogen and oxygen atoms in total. The van der Waals surface area contributed by atoms with E-state index < -0.39 is 0 Å². The fourth-order valence-electron chi connectivity index (χ4n) is 2.16. The van der Waals surface area contributed by atoms with Gasteiger partial charge in [0, 0.05) is 11.1 Å². The second-order valence-corrected chi connectivity index (χ2v) is 5.90. The molecule has 1 aromatic carbocycles. The van der Waals surface area contributed by atoms with Crippen molar-refractivity contribution in [3.05, 3.63) is 35.8 Å². The van der Waals surface area contributed by atoms with Crippen LogP contribution >= 0.6 is 0 Å². The van der Waals surface area contributed by atoms with Gasteiger partial charge in [0.1, 0.15) is 18.2 Å². The van der Waals surface area contributed by atoms with Crippen LogP contribution in [0.4, 0.5) is 0 Å². The van der Waals surface area contributed by atoms with E-state index in [0.717, 1.165) is 35.1 Å². The zero-order valence-corrected chi connectivity index (χ0v) is 11.6. The number of hydrogen-bond donors (Lipinski definition) is 2. The molecular weight excluding hydrogens is 238 g/mol. The van der Waals surface area contributed by atoms with E-state index in [1.807, 2.05) is 18.2 Å². The molecule has 19 heavy (non-hydrogen) atoms. The van der Waals surface area contributed by atoms with Crippen LogP contribution in [-0.2, 0) is 13.2 Å². The Morgan fingerprint density at radius 1 is 1.32 bits per heavy atom. The zero-order chi connectivity index (χ0) is 13.5. The van der Waals surface area contributed by atoms with Gasteiger partial charge in [-0.2, -0.15) is 0 Å². The smallest absolute Gasteiger partial charge is 0.130 e. The van der Waals surface area contributed by atoms with Crippen molar-refractivity contribution in [2.45, 2.75) is 39.5 Å². The standard InChI is InChI=1S/C15H19N3O/c1-15(2,3)16-8-13-17-11-9-19-12-7-5-4-6-10(12)14(11)18-13/h4-7,16H,8-9H2,1-3H3,(H,17,18). The van der Waals surface area contributed by atoms with E-state index in [0.29, 0.717) is 6.61 Å². The first-order valence-electron chi connectivity index (χ1n) is 6.58. The van der Waals surface area contributed by atoms with Crippen LogP contribution in [0.15, 0.2) is 24.3 Å². The highest BCUT2D eigenvalue weighted by molar-refractivity contribution is 5.70. The molecule has 0 atom stereocenters. The summed E-state index contributed by atoms with van der Waals surface area (Å²) in [4.78, 5) is 8.05. The summed E-state index contributed by atoms with van der Waals surface area (Å²) in [6, 6.07) is 8.03. The first-order chi connectivity index (χ1) is 9.03. The lowest BCUT2D eigenvalue weighted by atomic mass is 10.1. The highest BCUT2D eigenvalue weighted by Gasteiger charge is 2.21. The molecule has 0 radical (unpaired) electrons. The average Bonchev–Trinajstić information content (AvgIpc) is 2.79. The number of fused-ring (bicyclic) bond motifs is 3. The number of para-hydroxylation sites is 1. The molecule has 0 spiro atoms. The zero-order valence-electron chi connectivity index (χ0n) is 11.6. The summed E-state index contributed by atoms with van der Waals surface area (Å²) < 4.78 is 5.72. The van der Waals surface area contributed by atoms with Gasteiger partial charge in [-0.1, -0.05) is 12.1 Å². The van der Waals surface area contributed by atoms with Crippen LogP contribution < -0.4 is 10.1 Å². The van der Waals surface area contributed by atoms with E-state index in [1.54, 1.807) is 0 Å². The third kappa shape index (κ3) is 2.49. The third-order valence-corrected chi connectivity index (χ3v) is 3.13. The quantitative estimate of drug-likeness (QED) is 0.869. The summed E-state index contributed by atoms with van der Waals surface area (Å²) in [6.07, 6.45) is 0. The number of nitrogens with zero attached hydrogens (tertiary/aromatic N) is 1. The molecule has 0 bridgehead atoms. The topological polar surface area (TPSA) is 49.9 Å². The van der Waals surface area contributed by atoms with Crippen molar-refractivity contribution in [3.8, 4) is 17.0 Å². The van der Waals surface area contributed by atoms with Crippen molar-refractivity contribution < 1.29 is 4.74 Å². The first-order valence-corrected chi connectivity index (χ1v) is 6.58. The van der Waals surface area contributed by atoms with E-state index in [9.17, 15) is 0 Å². The lowest BCUT2D eigenvalue weighted by Crippen LogP contribution is -2.35. The maximum absolute atomic E-state index is 5.72. The Kier molecular flexibility index (Phi) is 2.82. The monoisotopic (exact) mass is 257 g/mol. The van der Waals surface area contributed by atoms with Crippen LogP contribution in [0.25, 0.3) is 11.3 Å². The van der Waals surface area contributed by atoms with Gasteiger partial charge in [0.25, 0.3) is 0 Å². The van der Waals surface area contributed by atoms with Crippen LogP contribution in [0.2, 0.25) is 0 Å². The molecule has 0 unspecified atom stereocenters. The molecule has 0 saturated carbocycles. The molecule has 2 N–H and O–H groups in total. The molecule has 2 aromatic rings. The number of aromatic nitrogens is 2. The van der Waals surface area contributed by atoms with Crippen molar-refractivity contribution in [2.24, 2.45) is 0 Å². The molecule has 1 aliphatic heterocycles. The normalized spacial score (nSPS) is 13.6. The van der Waals surface area contributed by atoms with Gasteiger partial charge in [0.2, 0.25) is 0 Å². The first kappa shape index (κ1) is 12.2. The molecule has 0 fully saturated rings. The van der Waals surface area contributed by atoms with Gasteiger partial charge in [-0.25, -0.2) is 4.98 Å². The third-order valence-electron chi connectivity index (χ3n) is 3.13. The number of rotatable bonds is 2. The van der Waals surface area contributed by atoms with Crippen LogP contribution in [-0.4, -0.2) is 15.5 Å². The molecule has 1 aliphatic rings. The van der Waals surface area contributed by atoms with Crippen molar-refractivity contribution in [1.82, 2.24) is 15.3 Å². The number of hydrogen-bond acceptors (Lipinski definition) is 3. The Morgan fingerprint density at radius 2 is 2.11 bits per heavy atom. The fourth-order valence-corrected chi connectivity index (χ4v) is 2.16. The summed E-state index contributed by atoms with van der Waals surface area (Å²) in [5.74, 6) is 1.87. The van der Waals surface area contributed by atoms with Gasteiger partial charge in [-0.15, -0.1) is 0 Å². The Bertz CT molecular complexity index is 596. The Labute approximate surface area is 113 Å². The molecule has 100 valence electrons. The van der Waals surface area contributed by atoms with Crippen molar-refractivity contribution in [1.29, 1.82) is 0 Å². The van der Waals surface area contributed by atoms with E-state index >= 15 is 0 Å². The van der Waals surface area contributed by atoms with Gasteiger partial charge in [-0.05, 0) is 32.9 Å². The summed E-state index contributed by atoms with van der Waals surface area (Å²) in [5.41, 5.74) is 3.24. The minimum atomic E-state index is 0.0850. The molecule has 0 amide bonds. The maximum atomic E-state index is 5.72. The van der Waals surface area contributed by atoms with E-state index in [2.05, 4.69) is 37.1 Å². The van der Waals surface area contributed by atoms with E-state index in [1.165, 1.54) is 0 Å². The predicted octanol–water partition coefficient (Wildman–Crippen LogP) is 2.86. The average molecular weight is 257 g/mol. The minimum Gasteiger partial charge on any atom is -0.487 e. The number of benzene rings is 1. The lowest BCUT2D eigenvalue weighted by molar-refractivity contribution is 0.297. The van der Waals surface area contributed by atoms with Crippen LogP contribution in [0.1, 0.15) is 32.3 Å². The highest BCUT2D eigenvalue weighted by atomic mass is 16.5. The minimum absolute atomic E-state index is 0.0850. The molecule has 0 aliphatic carbocycles.